The van der Waals surface area contributed by atoms with Crippen LogP contribution in [0.5, 0.6) is 0 Å². The average molecular weight is 237 g/mol. The lowest BCUT2D eigenvalue weighted by Crippen LogP contribution is -2.20. The van der Waals surface area contributed by atoms with Crippen molar-refractivity contribution in [1.29, 1.82) is 0 Å². The molecule has 17 heavy (non-hydrogen) atoms. The van der Waals surface area contributed by atoms with Crippen molar-refractivity contribution in [3.63, 3.8) is 0 Å². The topological polar surface area (TPSA) is 132 Å². The van der Waals surface area contributed by atoms with Crippen molar-refractivity contribution >= 4 is 23.2 Å². The van der Waals surface area contributed by atoms with Crippen LogP contribution in [0.2, 0.25) is 0 Å². The number of fused-ring (bicyclic) bond motifs is 1. The Hall–Kier alpha value is -2.84. The summed E-state index contributed by atoms with van der Waals surface area (Å²) in [5.41, 5.74) is -2.57. The molecule has 1 aliphatic rings. The fraction of sp³-hybridized carbons (Fsp3) is 0. The van der Waals surface area contributed by atoms with Crippen LogP contribution in [-0.4, -0.2) is 21.7 Å². The number of carbonyl (C=O) groups is 2. The van der Waals surface area contributed by atoms with Crippen molar-refractivity contribution in [3.05, 3.63) is 43.5 Å². The maximum atomic E-state index is 11.3. The van der Waals surface area contributed by atoms with E-state index in [1.807, 2.05) is 5.32 Å². The Morgan fingerprint density at radius 3 is 2.18 bits per heavy atom. The van der Waals surface area contributed by atoms with E-state index < -0.39 is 38.6 Å². The molecule has 0 bridgehead atoms. The quantitative estimate of drug-likeness (QED) is 0.449. The Morgan fingerprint density at radius 1 is 1.00 bits per heavy atom. The van der Waals surface area contributed by atoms with Gasteiger partial charge in [-0.15, -0.1) is 0 Å². The van der Waals surface area contributed by atoms with E-state index in [1.54, 1.807) is 0 Å². The van der Waals surface area contributed by atoms with Gasteiger partial charge in [-0.25, -0.2) is 0 Å². The van der Waals surface area contributed by atoms with Crippen LogP contribution in [0.4, 0.5) is 11.4 Å². The molecule has 1 aromatic carbocycles. The van der Waals surface area contributed by atoms with Crippen LogP contribution < -0.4 is 5.32 Å². The second-order valence-electron chi connectivity index (χ2n) is 3.15. The molecule has 1 heterocycles. The highest BCUT2D eigenvalue weighted by Crippen LogP contribution is 2.34. The summed E-state index contributed by atoms with van der Waals surface area (Å²) in [5.74, 6) is -1.80. The van der Waals surface area contributed by atoms with E-state index in [0.29, 0.717) is 0 Å². The molecule has 1 N–H and O–H groups in total. The normalized spacial score (nSPS) is 13.2. The first-order chi connectivity index (χ1) is 7.93. The fourth-order valence-electron chi connectivity index (χ4n) is 1.56. The summed E-state index contributed by atoms with van der Waals surface area (Å²) in [5, 5.41) is 23.2. The van der Waals surface area contributed by atoms with Crippen LogP contribution in [0, 0.1) is 20.2 Å². The molecular formula is C8H3N3O6. The smallest absolute Gasteiger partial charge is 0.288 e. The van der Waals surface area contributed by atoms with Crippen LogP contribution >= 0.6 is 0 Å². The first-order valence-corrected chi connectivity index (χ1v) is 4.25. The number of amides is 2. The molecule has 0 unspecified atom stereocenters. The van der Waals surface area contributed by atoms with Crippen molar-refractivity contribution in [3.8, 4) is 0 Å². The summed E-state index contributed by atoms with van der Waals surface area (Å²) in [6.45, 7) is 0. The summed E-state index contributed by atoms with van der Waals surface area (Å²) in [4.78, 5) is 41.8. The van der Waals surface area contributed by atoms with Gasteiger partial charge in [-0.05, 0) is 6.07 Å². The minimum absolute atomic E-state index is 0.229. The molecule has 0 saturated heterocycles. The minimum atomic E-state index is -1.05. The molecule has 0 spiro atoms. The molecule has 1 aromatic rings. The van der Waals surface area contributed by atoms with E-state index in [4.69, 9.17) is 0 Å². The molecule has 0 radical (unpaired) electrons. The van der Waals surface area contributed by atoms with Gasteiger partial charge in [-0.1, -0.05) is 0 Å². The van der Waals surface area contributed by atoms with E-state index in [1.165, 1.54) is 0 Å². The van der Waals surface area contributed by atoms with E-state index in [0.717, 1.165) is 12.1 Å². The molecule has 1 aliphatic heterocycles. The summed E-state index contributed by atoms with van der Waals surface area (Å²) in [7, 11) is 0. The number of nitrogens with zero attached hydrogens (tertiary/aromatic N) is 2. The van der Waals surface area contributed by atoms with E-state index in [2.05, 4.69) is 0 Å². The number of hydrogen-bond acceptors (Lipinski definition) is 6. The van der Waals surface area contributed by atoms with Gasteiger partial charge in [-0.3, -0.25) is 35.1 Å². The predicted octanol–water partition coefficient (Wildman–Crippen LogP) is 0.387. The molecule has 9 nitrogen and oxygen atoms in total. The fourth-order valence-corrected chi connectivity index (χ4v) is 1.56. The Labute approximate surface area is 92.3 Å². The Kier molecular flexibility index (Phi) is 2.09. The van der Waals surface area contributed by atoms with Gasteiger partial charge in [0.1, 0.15) is 5.56 Å². The highest BCUT2D eigenvalue weighted by molar-refractivity contribution is 6.23. The van der Waals surface area contributed by atoms with Gasteiger partial charge in [0.05, 0.1) is 15.4 Å². The van der Waals surface area contributed by atoms with Gasteiger partial charge in [0.15, 0.2) is 0 Å². The second kappa shape index (κ2) is 3.33. The summed E-state index contributed by atoms with van der Waals surface area (Å²) in [6.07, 6.45) is 0. The Balaban J connectivity index is 2.84. The lowest BCUT2D eigenvalue weighted by atomic mass is 10.1. The number of carbonyl (C=O) groups excluding carboxylic acids is 2. The number of rotatable bonds is 2. The monoisotopic (exact) mass is 237 g/mol. The number of benzene rings is 1. The SMILES string of the molecule is O=C1NC(=O)c2c1ccc([N+](=O)[O-])c2[N+](=O)[O-]. The standard InChI is InChI=1S/C8H3N3O6/c12-7-3-1-2-4(10(14)15)6(11(16)17)5(3)8(13)9-7/h1-2H,(H,9,12,13). The van der Waals surface area contributed by atoms with Gasteiger partial charge >= 0.3 is 11.4 Å². The zero-order chi connectivity index (χ0) is 12.7. The van der Waals surface area contributed by atoms with Crippen molar-refractivity contribution in [2.24, 2.45) is 0 Å². The summed E-state index contributed by atoms with van der Waals surface area (Å²) < 4.78 is 0. The van der Waals surface area contributed by atoms with Crippen LogP contribution in [0.3, 0.4) is 0 Å². The Morgan fingerprint density at radius 2 is 1.65 bits per heavy atom. The number of hydrogen-bond donors (Lipinski definition) is 1. The Bertz CT molecular complexity index is 593. The molecule has 2 amide bonds. The maximum Gasteiger partial charge on any atom is 0.359 e. The molecule has 86 valence electrons. The van der Waals surface area contributed by atoms with Gasteiger partial charge in [0, 0.05) is 6.07 Å². The zero-order valence-corrected chi connectivity index (χ0v) is 8.00. The zero-order valence-electron chi connectivity index (χ0n) is 8.00. The van der Waals surface area contributed by atoms with Gasteiger partial charge in [-0.2, -0.15) is 0 Å². The summed E-state index contributed by atoms with van der Waals surface area (Å²) in [6, 6.07) is 1.84. The summed E-state index contributed by atoms with van der Waals surface area (Å²) >= 11 is 0. The minimum Gasteiger partial charge on any atom is -0.288 e. The van der Waals surface area contributed by atoms with E-state index >= 15 is 0 Å². The number of nitro benzene ring substituents is 2. The lowest BCUT2D eigenvalue weighted by molar-refractivity contribution is -0.422. The van der Waals surface area contributed by atoms with Crippen LogP contribution in [0.1, 0.15) is 20.7 Å². The van der Waals surface area contributed by atoms with E-state index in [-0.39, 0.29) is 5.56 Å². The maximum absolute atomic E-state index is 11.3. The highest BCUT2D eigenvalue weighted by atomic mass is 16.6. The van der Waals surface area contributed by atoms with Crippen molar-refractivity contribution < 1.29 is 19.4 Å². The molecule has 2 rings (SSSR count). The van der Waals surface area contributed by atoms with Crippen molar-refractivity contribution in [1.82, 2.24) is 5.32 Å². The van der Waals surface area contributed by atoms with Gasteiger partial charge < -0.3 is 0 Å². The van der Waals surface area contributed by atoms with Crippen molar-refractivity contribution in [2.45, 2.75) is 0 Å². The molecule has 9 heteroatoms. The predicted molar refractivity (Wildman–Crippen MR) is 51.5 cm³/mol. The third-order valence-corrected chi connectivity index (χ3v) is 2.23. The van der Waals surface area contributed by atoms with Crippen LogP contribution in [-0.2, 0) is 0 Å². The third kappa shape index (κ3) is 1.40. The van der Waals surface area contributed by atoms with E-state index in [9.17, 15) is 29.8 Å². The average Bonchev–Trinajstić information content (AvgIpc) is 2.53. The number of nitro groups is 2. The van der Waals surface area contributed by atoms with Gasteiger partial charge in [0.25, 0.3) is 11.8 Å². The molecule has 0 aliphatic carbocycles. The molecule has 0 fully saturated rings. The van der Waals surface area contributed by atoms with Crippen LogP contribution in [0.25, 0.3) is 0 Å². The third-order valence-electron chi connectivity index (χ3n) is 2.23. The van der Waals surface area contributed by atoms with Crippen molar-refractivity contribution in [2.75, 3.05) is 0 Å². The largest absolute Gasteiger partial charge is 0.359 e. The number of imide groups is 1. The second-order valence-corrected chi connectivity index (χ2v) is 3.15. The lowest BCUT2D eigenvalue weighted by Gasteiger charge is -1.98. The molecule has 0 aromatic heterocycles. The first-order valence-electron chi connectivity index (χ1n) is 4.25. The highest BCUT2D eigenvalue weighted by Gasteiger charge is 2.40. The number of nitrogens with one attached hydrogen (secondary N) is 1. The molecule has 0 atom stereocenters. The van der Waals surface area contributed by atoms with Gasteiger partial charge in [0.2, 0.25) is 0 Å². The van der Waals surface area contributed by atoms with Crippen LogP contribution in [0.15, 0.2) is 12.1 Å². The molecule has 0 saturated carbocycles. The first kappa shape index (κ1) is 10.7. The molecular weight excluding hydrogens is 234 g/mol.